The van der Waals surface area contributed by atoms with Crippen molar-refractivity contribution in [1.29, 1.82) is 0 Å². The number of likely N-dealkylation sites (tertiary alicyclic amines) is 1. The van der Waals surface area contributed by atoms with Gasteiger partial charge in [-0.15, -0.1) is 0 Å². The number of nitrogens with two attached hydrogens (primary N) is 1. The van der Waals surface area contributed by atoms with E-state index in [0.29, 0.717) is 11.4 Å². The van der Waals surface area contributed by atoms with Crippen LogP contribution in [-0.2, 0) is 4.79 Å². The van der Waals surface area contributed by atoms with E-state index >= 15 is 0 Å². The van der Waals surface area contributed by atoms with E-state index in [1.54, 1.807) is 18.0 Å². The van der Waals surface area contributed by atoms with Crippen LogP contribution in [0.5, 0.6) is 5.75 Å². The van der Waals surface area contributed by atoms with Crippen molar-refractivity contribution in [3.63, 3.8) is 0 Å². The molecule has 4 nitrogen and oxygen atoms in total. The molecule has 2 rings (SSSR count). The molecule has 1 saturated heterocycles. The summed E-state index contributed by atoms with van der Waals surface area (Å²) < 4.78 is 5.65. The number of benzene rings is 1. The predicted octanol–water partition coefficient (Wildman–Crippen LogP) is 1.19. The highest BCUT2D eigenvalue weighted by Crippen LogP contribution is 2.26. The zero-order valence-electron chi connectivity index (χ0n) is 9.56. The highest BCUT2D eigenvalue weighted by atomic mass is 16.5. The monoisotopic (exact) mass is 220 g/mol. The third-order valence-corrected chi connectivity index (χ3v) is 2.82. The van der Waals surface area contributed by atoms with Gasteiger partial charge in [-0.05, 0) is 24.6 Å². The van der Waals surface area contributed by atoms with Gasteiger partial charge in [-0.2, -0.15) is 0 Å². The lowest BCUT2D eigenvalue weighted by Crippen LogP contribution is -2.29. The van der Waals surface area contributed by atoms with Gasteiger partial charge in [0.2, 0.25) is 0 Å². The molecule has 0 radical (unpaired) electrons. The Morgan fingerprint density at radius 1 is 1.50 bits per heavy atom. The lowest BCUT2D eigenvalue weighted by Gasteiger charge is -2.14. The molecule has 1 atom stereocenters. The molecule has 1 unspecified atom stereocenters. The molecule has 86 valence electrons. The Morgan fingerprint density at radius 2 is 2.25 bits per heavy atom. The second-order valence-corrected chi connectivity index (χ2v) is 4.20. The summed E-state index contributed by atoms with van der Waals surface area (Å²) in [4.78, 5) is 13.3. The maximum Gasteiger partial charge on any atom is 0.263 e. The van der Waals surface area contributed by atoms with Gasteiger partial charge < -0.3 is 15.4 Å². The molecule has 4 heteroatoms. The van der Waals surface area contributed by atoms with Crippen LogP contribution in [0, 0.1) is 6.92 Å². The van der Waals surface area contributed by atoms with Crippen molar-refractivity contribution < 1.29 is 9.53 Å². The first kappa shape index (κ1) is 10.8. The van der Waals surface area contributed by atoms with Gasteiger partial charge in [0.1, 0.15) is 5.75 Å². The molecule has 0 saturated carbocycles. The summed E-state index contributed by atoms with van der Waals surface area (Å²) in [5.74, 6) is 0.634. The van der Waals surface area contributed by atoms with Crippen molar-refractivity contribution in [1.82, 2.24) is 4.90 Å². The third kappa shape index (κ3) is 1.96. The molecule has 1 heterocycles. The lowest BCUT2D eigenvalue weighted by atomic mass is 10.2. The Kier molecular flexibility index (Phi) is 2.73. The van der Waals surface area contributed by atoms with Crippen molar-refractivity contribution >= 4 is 11.6 Å². The Bertz CT molecular complexity index is 417. The van der Waals surface area contributed by atoms with Gasteiger partial charge in [0.25, 0.3) is 5.91 Å². The molecule has 1 fully saturated rings. The van der Waals surface area contributed by atoms with Crippen LogP contribution in [0.3, 0.4) is 0 Å². The highest BCUT2D eigenvalue weighted by molar-refractivity contribution is 5.83. The van der Waals surface area contributed by atoms with Crippen LogP contribution >= 0.6 is 0 Å². The number of hydrogen-bond acceptors (Lipinski definition) is 3. The first-order valence-corrected chi connectivity index (χ1v) is 5.35. The normalized spacial score (nSPS) is 20.2. The van der Waals surface area contributed by atoms with Crippen LogP contribution in [0.2, 0.25) is 0 Å². The average Bonchev–Trinajstić information content (AvgIpc) is 2.55. The van der Waals surface area contributed by atoms with E-state index in [1.165, 1.54) is 0 Å². The number of carbonyl (C=O) groups excluding carboxylic acids is 1. The van der Waals surface area contributed by atoms with E-state index < -0.39 is 0 Å². The van der Waals surface area contributed by atoms with E-state index in [4.69, 9.17) is 10.5 Å². The average molecular weight is 220 g/mol. The smallest absolute Gasteiger partial charge is 0.263 e. The fourth-order valence-electron chi connectivity index (χ4n) is 1.80. The number of carbonyl (C=O) groups is 1. The fourth-order valence-corrected chi connectivity index (χ4v) is 1.80. The van der Waals surface area contributed by atoms with E-state index in [0.717, 1.165) is 18.5 Å². The second-order valence-electron chi connectivity index (χ2n) is 4.20. The fraction of sp³-hybridized carbons (Fsp3) is 0.417. The zero-order chi connectivity index (χ0) is 11.7. The minimum Gasteiger partial charge on any atom is -0.478 e. The minimum atomic E-state index is -0.380. The molecule has 0 aliphatic carbocycles. The number of amides is 1. The molecule has 2 N–H and O–H groups in total. The predicted molar refractivity (Wildman–Crippen MR) is 62.3 cm³/mol. The summed E-state index contributed by atoms with van der Waals surface area (Å²) in [6.45, 7) is 2.71. The lowest BCUT2D eigenvalue weighted by molar-refractivity contribution is -0.132. The molecule has 0 bridgehead atoms. The Morgan fingerprint density at radius 3 is 2.88 bits per heavy atom. The largest absolute Gasteiger partial charge is 0.478 e. The number of anilines is 1. The van der Waals surface area contributed by atoms with Crippen LogP contribution in [-0.4, -0.2) is 30.5 Å². The van der Waals surface area contributed by atoms with Crippen molar-refractivity contribution in [2.75, 3.05) is 19.3 Å². The summed E-state index contributed by atoms with van der Waals surface area (Å²) >= 11 is 0. The van der Waals surface area contributed by atoms with Gasteiger partial charge >= 0.3 is 0 Å². The first-order chi connectivity index (χ1) is 7.58. The Balaban J connectivity index is 2.15. The van der Waals surface area contributed by atoms with Crippen LogP contribution in [0.15, 0.2) is 18.2 Å². The molecular formula is C12H16N2O2. The molecule has 16 heavy (non-hydrogen) atoms. The summed E-state index contributed by atoms with van der Waals surface area (Å²) in [6, 6.07) is 5.58. The van der Waals surface area contributed by atoms with Crippen molar-refractivity contribution in [3.05, 3.63) is 23.8 Å². The van der Waals surface area contributed by atoms with Gasteiger partial charge in [-0.25, -0.2) is 0 Å². The molecule has 1 aliphatic heterocycles. The van der Waals surface area contributed by atoms with Crippen molar-refractivity contribution in [2.45, 2.75) is 19.4 Å². The number of ether oxygens (including phenoxy) is 1. The van der Waals surface area contributed by atoms with Crippen LogP contribution < -0.4 is 10.5 Å². The molecule has 1 amide bonds. The van der Waals surface area contributed by atoms with E-state index in [-0.39, 0.29) is 12.0 Å². The van der Waals surface area contributed by atoms with Crippen LogP contribution in [0.4, 0.5) is 5.69 Å². The topological polar surface area (TPSA) is 55.6 Å². The van der Waals surface area contributed by atoms with Crippen molar-refractivity contribution in [3.8, 4) is 5.75 Å². The SMILES string of the molecule is Cc1ccc(N)c(OC2CCN(C)C2=O)c1. The van der Waals surface area contributed by atoms with Gasteiger partial charge in [0.15, 0.2) is 6.10 Å². The molecular weight excluding hydrogens is 204 g/mol. The molecule has 0 aromatic heterocycles. The van der Waals surface area contributed by atoms with Gasteiger partial charge in [-0.1, -0.05) is 6.07 Å². The Hall–Kier alpha value is -1.71. The standard InChI is InChI=1S/C12H16N2O2/c1-8-3-4-9(13)11(7-8)16-10-5-6-14(2)12(10)15/h3-4,7,10H,5-6,13H2,1-2H3. The number of aryl methyl sites for hydroxylation is 1. The summed E-state index contributed by atoms with van der Waals surface area (Å²) in [5.41, 5.74) is 7.45. The van der Waals surface area contributed by atoms with E-state index in [1.807, 2.05) is 19.1 Å². The zero-order valence-corrected chi connectivity index (χ0v) is 9.56. The van der Waals surface area contributed by atoms with E-state index in [2.05, 4.69) is 0 Å². The van der Waals surface area contributed by atoms with E-state index in [9.17, 15) is 4.79 Å². The highest BCUT2D eigenvalue weighted by Gasteiger charge is 2.31. The number of nitrogen functional groups attached to an aromatic ring is 1. The molecule has 0 spiro atoms. The van der Waals surface area contributed by atoms with Gasteiger partial charge in [0, 0.05) is 20.0 Å². The maximum absolute atomic E-state index is 11.7. The van der Waals surface area contributed by atoms with Crippen LogP contribution in [0.1, 0.15) is 12.0 Å². The van der Waals surface area contributed by atoms with Crippen molar-refractivity contribution in [2.24, 2.45) is 0 Å². The van der Waals surface area contributed by atoms with Gasteiger partial charge in [-0.3, -0.25) is 4.79 Å². The quantitative estimate of drug-likeness (QED) is 0.762. The molecule has 1 aromatic carbocycles. The maximum atomic E-state index is 11.7. The summed E-state index contributed by atoms with van der Waals surface area (Å²) in [7, 11) is 1.78. The number of nitrogens with zero attached hydrogens (tertiary/aromatic N) is 1. The summed E-state index contributed by atoms with van der Waals surface area (Å²) in [6.07, 6.45) is 0.344. The second kappa shape index (κ2) is 4.04. The minimum absolute atomic E-state index is 0.0286. The summed E-state index contributed by atoms with van der Waals surface area (Å²) in [5, 5.41) is 0. The van der Waals surface area contributed by atoms with Gasteiger partial charge in [0.05, 0.1) is 5.69 Å². The third-order valence-electron chi connectivity index (χ3n) is 2.82. The molecule has 1 aromatic rings. The first-order valence-electron chi connectivity index (χ1n) is 5.35. The Labute approximate surface area is 95.0 Å². The van der Waals surface area contributed by atoms with Crippen LogP contribution in [0.25, 0.3) is 0 Å². The number of rotatable bonds is 2. The number of likely N-dealkylation sites (N-methyl/N-ethyl adjacent to an activating group) is 1. The molecule has 1 aliphatic rings. The number of hydrogen-bond donors (Lipinski definition) is 1.